The Bertz CT molecular complexity index is 445. The minimum absolute atomic E-state index is 0.315. The van der Waals surface area contributed by atoms with E-state index in [4.69, 9.17) is 11.6 Å². The molecule has 1 aromatic rings. The maximum Gasteiger partial charge on any atom is 0.0475 e. The topological polar surface area (TPSA) is 26.7 Å². The lowest BCUT2D eigenvalue weighted by Gasteiger charge is -2.23. The molecule has 1 aromatic carbocycles. The zero-order valence-electron chi connectivity index (χ0n) is 12.5. The summed E-state index contributed by atoms with van der Waals surface area (Å²) in [6, 6.07) is 8.12. The smallest absolute Gasteiger partial charge is 0.0475 e. The van der Waals surface area contributed by atoms with E-state index in [-0.39, 0.29) is 0 Å². The molecular weight excluding hydrogens is 284 g/mol. The standard InChI is InChI=1S/C17H25ClN2O/c18-17-5-3-14(4-6-17)9-20-11-15(16(12-20)13-21)10-19-7-1-2-8-19/h3-6,15-16,21H,1-2,7-13H2/t15-,16-/m1/s1. The molecule has 2 heterocycles. The lowest BCUT2D eigenvalue weighted by Crippen LogP contribution is -2.31. The maximum absolute atomic E-state index is 9.67. The highest BCUT2D eigenvalue weighted by Gasteiger charge is 2.33. The highest BCUT2D eigenvalue weighted by atomic mass is 35.5. The third kappa shape index (κ3) is 3.98. The van der Waals surface area contributed by atoms with Crippen molar-refractivity contribution in [3.8, 4) is 0 Å². The zero-order chi connectivity index (χ0) is 14.7. The molecule has 0 amide bonds. The molecule has 0 spiro atoms. The third-order valence-corrected chi connectivity index (χ3v) is 5.15. The summed E-state index contributed by atoms with van der Waals surface area (Å²) in [5.74, 6) is 1.04. The van der Waals surface area contributed by atoms with Crippen LogP contribution in [0.2, 0.25) is 5.02 Å². The average molecular weight is 309 g/mol. The number of hydrogen-bond acceptors (Lipinski definition) is 3. The van der Waals surface area contributed by atoms with Crippen LogP contribution in [0, 0.1) is 11.8 Å². The van der Waals surface area contributed by atoms with Gasteiger partial charge in [-0.15, -0.1) is 0 Å². The van der Waals surface area contributed by atoms with Gasteiger partial charge in [0.2, 0.25) is 0 Å². The minimum Gasteiger partial charge on any atom is -0.396 e. The van der Waals surface area contributed by atoms with Gasteiger partial charge in [0.25, 0.3) is 0 Å². The van der Waals surface area contributed by atoms with Crippen LogP contribution in [-0.4, -0.2) is 54.2 Å². The molecule has 21 heavy (non-hydrogen) atoms. The molecular formula is C17H25ClN2O. The van der Waals surface area contributed by atoms with Crippen molar-refractivity contribution in [2.75, 3.05) is 39.3 Å². The second kappa shape index (κ2) is 7.10. The molecule has 2 saturated heterocycles. The Balaban J connectivity index is 1.56. The van der Waals surface area contributed by atoms with Crippen LogP contribution >= 0.6 is 11.6 Å². The fourth-order valence-corrected chi connectivity index (χ4v) is 3.85. The lowest BCUT2D eigenvalue weighted by molar-refractivity contribution is 0.175. The van der Waals surface area contributed by atoms with Crippen molar-refractivity contribution in [1.82, 2.24) is 9.80 Å². The number of benzene rings is 1. The summed E-state index contributed by atoms with van der Waals surface area (Å²) in [6.07, 6.45) is 2.68. The highest BCUT2D eigenvalue weighted by Crippen LogP contribution is 2.27. The van der Waals surface area contributed by atoms with Gasteiger partial charge >= 0.3 is 0 Å². The van der Waals surface area contributed by atoms with Crippen LogP contribution in [0.3, 0.4) is 0 Å². The number of aliphatic hydroxyl groups is 1. The lowest BCUT2D eigenvalue weighted by atomic mass is 9.96. The molecule has 116 valence electrons. The molecule has 1 N–H and O–H groups in total. The van der Waals surface area contributed by atoms with Crippen LogP contribution in [0.5, 0.6) is 0 Å². The second-order valence-corrected chi connectivity index (χ2v) is 6.97. The average Bonchev–Trinajstić information content (AvgIpc) is 3.12. The molecule has 3 rings (SSSR count). The fraction of sp³-hybridized carbons (Fsp3) is 0.647. The molecule has 0 aliphatic carbocycles. The molecule has 2 fully saturated rings. The molecule has 4 heteroatoms. The summed E-state index contributed by atoms with van der Waals surface area (Å²) >= 11 is 5.94. The Morgan fingerprint density at radius 2 is 1.67 bits per heavy atom. The van der Waals surface area contributed by atoms with E-state index in [2.05, 4.69) is 21.9 Å². The van der Waals surface area contributed by atoms with E-state index in [0.717, 1.165) is 31.2 Å². The van der Waals surface area contributed by atoms with Gasteiger partial charge < -0.3 is 10.0 Å². The van der Waals surface area contributed by atoms with Crippen LogP contribution in [0.25, 0.3) is 0 Å². The molecule has 2 aliphatic heterocycles. The Kier molecular flexibility index (Phi) is 5.17. The summed E-state index contributed by atoms with van der Waals surface area (Å²) in [6.45, 7) is 7.03. The van der Waals surface area contributed by atoms with Crippen molar-refractivity contribution in [3.05, 3.63) is 34.9 Å². The van der Waals surface area contributed by atoms with Crippen molar-refractivity contribution >= 4 is 11.6 Å². The highest BCUT2D eigenvalue weighted by molar-refractivity contribution is 6.30. The first-order valence-corrected chi connectivity index (χ1v) is 8.42. The number of rotatable bonds is 5. The van der Waals surface area contributed by atoms with Crippen LogP contribution in [0.1, 0.15) is 18.4 Å². The molecule has 0 bridgehead atoms. The van der Waals surface area contributed by atoms with Crippen LogP contribution in [0.15, 0.2) is 24.3 Å². The molecule has 0 aromatic heterocycles. The normalized spacial score (nSPS) is 27.5. The van der Waals surface area contributed by atoms with E-state index in [9.17, 15) is 5.11 Å². The SMILES string of the molecule is OC[C@H]1CN(Cc2ccc(Cl)cc2)C[C@H]1CN1CCCC1. The van der Waals surface area contributed by atoms with Crippen LogP contribution in [-0.2, 0) is 6.54 Å². The quantitative estimate of drug-likeness (QED) is 0.905. The predicted octanol–water partition coefficient (Wildman–Crippen LogP) is 2.48. The monoisotopic (exact) mass is 308 g/mol. The number of nitrogens with zero attached hydrogens (tertiary/aromatic N) is 2. The van der Waals surface area contributed by atoms with E-state index < -0.39 is 0 Å². The summed E-state index contributed by atoms with van der Waals surface area (Å²) in [5.41, 5.74) is 1.30. The third-order valence-electron chi connectivity index (χ3n) is 4.90. The van der Waals surface area contributed by atoms with Gasteiger partial charge in [-0.2, -0.15) is 0 Å². The molecule has 0 unspecified atom stereocenters. The summed E-state index contributed by atoms with van der Waals surface area (Å²) in [4.78, 5) is 5.05. The van der Waals surface area contributed by atoms with Crippen molar-refractivity contribution < 1.29 is 5.11 Å². The predicted molar refractivity (Wildman–Crippen MR) is 86.5 cm³/mol. The van der Waals surface area contributed by atoms with Gasteiger partial charge in [-0.05, 0) is 55.5 Å². The largest absolute Gasteiger partial charge is 0.396 e. The Morgan fingerprint density at radius 1 is 1.00 bits per heavy atom. The number of hydrogen-bond donors (Lipinski definition) is 1. The van der Waals surface area contributed by atoms with Gasteiger partial charge in [0, 0.05) is 37.8 Å². The summed E-state index contributed by atoms with van der Waals surface area (Å²) in [5, 5.41) is 10.5. The van der Waals surface area contributed by atoms with E-state index in [1.165, 1.54) is 31.5 Å². The van der Waals surface area contributed by atoms with E-state index in [1.54, 1.807) is 0 Å². The molecule has 3 nitrogen and oxygen atoms in total. The first-order chi connectivity index (χ1) is 10.2. The molecule has 2 atom stereocenters. The van der Waals surface area contributed by atoms with Gasteiger partial charge in [-0.1, -0.05) is 23.7 Å². The first-order valence-electron chi connectivity index (χ1n) is 8.04. The fourth-order valence-electron chi connectivity index (χ4n) is 3.72. The Labute approximate surface area is 132 Å². The van der Waals surface area contributed by atoms with Crippen molar-refractivity contribution in [2.24, 2.45) is 11.8 Å². The molecule has 2 aliphatic rings. The Morgan fingerprint density at radius 3 is 2.33 bits per heavy atom. The molecule has 0 saturated carbocycles. The number of likely N-dealkylation sites (tertiary alicyclic amines) is 2. The van der Waals surface area contributed by atoms with Gasteiger partial charge in [0.15, 0.2) is 0 Å². The first kappa shape index (κ1) is 15.3. The van der Waals surface area contributed by atoms with Crippen molar-refractivity contribution in [1.29, 1.82) is 0 Å². The van der Waals surface area contributed by atoms with Crippen molar-refractivity contribution in [2.45, 2.75) is 19.4 Å². The van der Waals surface area contributed by atoms with E-state index >= 15 is 0 Å². The van der Waals surface area contributed by atoms with Gasteiger partial charge in [0.1, 0.15) is 0 Å². The Hall–Kier alpha value is -0.610. The van der Waals surface area contributed by atoms with E-state index in [0.29, 0.717) is 18.4 Å². The van der Waals surface area contributed by atoms with Gasteiger partial charge in [0.05, 0.1) is 0 Å². The van der Waals surface area contributed by atoms with Gasteiger partial charge in [-0.25, -0.2) is 0 Å². The number of aliphatic hydroxyl groups excluding tert-OH is 1. The summed E-state index contributed by atoms with van der Waals surface area (Å²) in [7, 11) is 0. The van der Waals surface area contributed by atoms with E-state index in [1.807, 2.05) is 12.1 Å². The number of halogens is 1. The van der Waals surface area contributed by atoms with Gasteiger partial charge in [-0.3, -0.25) is 4.90 Å². The summed E-state index contributed by atoms with van der Waals surface area (Å²) < 4.78 is 0. The molecule has 0 radical (unpaired) electrons. The second-order valence-electron chi connectivity index (χ2n) is 6.53. The van der Waals surface area contributed by atoms with Crippen LogP contribution < -0.4 is 0 Å². The zero-order valence-corrected chi connectivity index (χ0v) is 13.3. The maximum atomic E-state index is 9.67. The van der Waals surface area contributed by atoms with Crippen molar-refractivity contribution in [3.63, 3.8) is 0 Å². The van der Waals surface area contributed by atoms with Crippen LogP contribution in [0.4, 0.5) is 0 Å². The minimum atomic E-state index is 0.315.